The molecule has 0 radical (unpaired) electrons. The Morgan fingerprint density at radius 1 is 1.50 bits per heavy atom. The molecule has 1 aromatic rings. The number of carbonyl (C=O) groups is 1. The fourth-order valence-electron chi connectivity index (χ4n) is 2.60. The zero-order valence-corrected chi connectivity index (χ0v) is 14.2. The molecule has 0 saturated heterocycles. The van der Waals surface area contributed by atoms with Crippen molar-refractivity contribution < 1.29 is 9.53 Å². The summed E-state index contributed by atoms with van der Waals surface area (Å²) < 4.78 is 6.20. The maximum Gasteiger partial charge on any atom is 0.255 e. The van der Waals surface area contributed by atoms with Gasteiger partial charge in [0.1, 0.15) is 5.75 Å². The van der Waals surface area contributed by atoms with Crippen LogP contribution < -0.4 is 10.1 Å². The maximum absolute atomic E-state index is 12.4. The first-order chi connectivity index (χ1) is 9.65. The van der Waals surface area contributed by atoms with Gasteiger partial charge >= 0.3 is 0 Å². The van der Waals surface area contributed by atoms with Gasteiger partial charge < -0.3 is 10.1 Å². The molecule has 1 aromatic carbocycles. The van der Waals surface area contributed by atoms with E-state index < -0.39 is 0 Å². The number of halogens is 1. The Balaban J connectivity index is 2.08. The molecule has 1 amide bonds. The molecule has 20 heavy (non-hydrogen) atoms. The lowest BCUT2D eigenvalue weighted by Crippen LogP contribution is -2.38. The minimum Gasteiger partial charge on any atom is -0.496 e. The van der Waals surface area contributed by atoms with Crippen LogP contribution in [0.4, 0.5) is 0 Å². The number of carbonyl (C=O) groups excluding carboxylic acids is 1. The van der Waals surface area contributed by atoms with Gasteiger partial charge in [0.05, 0.1) is 12.7 Å². The Morgan fingerprint density at radius 2 is 2.30 bits per heavy atom. The number of hydrogen-bond donors (Lipinski definition) is 1. The van der Waals surface area contributed by atoms with Crippen molar-refractivity contribution in [1.29, 1.82) is 0 Å². The lowest BCUT2D eigenvalue weighted by Gasteiger charge is -2.20. The highest BCUT2D eigenvalue weighted by atomic mass is 79.9. The molecule has 1 aliphatic rings. The Morgan fingerprint density at radius 3 is 3.00 bits per heavy atom. The normalized spacial score (nSPS) is 21.8. The predicted molar refractivity (Wildman–Crippen MR) is 87.7 cm³/mol. The van der Waals surface area contributed by atoms with E-state index in [1.807, 2.05) is 23.9 Å². The van der Waals surface area contributed by atoms with Gasteiger partial charge in [-0.1, -0.05) is 29.3 Å². The number of thioether (sulfide) groups is 1. The van der Waals surface area contributed by atoms with Crippen molar-refractivity contribution in [3.8, 4) is 5.75 Å². The Hall–Kier alpha value is -0.680. The minimum absolute atomic E-state index is 0.0389. The van der Waals surface area contributed by atoms with Crippen LogP contribution in [0.2, 0.25) is 0 Å². The van der Waals surface area contributed by atoms with Gasteiger partial charge in [0.15, 0.2) is 0 Å². The molecule has 1 fully saturated rings. The number of methoxy groups -OCH3 is 1. The van der Waals surface area contributed by atoms with E-state index in [0.717, 1.165) is 16.6 Å². The van der Waals surface area contributed by atoms with Crippen molar-refractivity contribution in [2.45, 2.75) is 37.5 Å². The summed E-state index contributed by atoms with van der Waals surface area (Å²) in [6.45, 7) is 2.17. The van der Waals surface area contributed by atoms with Crippen LogP contribution in [0, 0.1) is 0 Å². The van der Waals surface area contributed by atoms with Crippen LogP contribution in [-0.4, -0.2) is 30.1 Å². The van der Waals surface area contributed by atoms with Gasteiger partial charge in [0.2, 0.25) is 0 Å². The molecule has 0 aromatic heterocycles. The van der Waals surface area contributed by atoms with E-state index in [1.54, 1.807) is 13.2 Å². The Labute approximate surface area is 133 Å². The van der Waals surface area contributed by atoms with Crippen molar-refractivity contribution in [1.82, 2.24) is 5.32 Å². The summed E-state index contributed by atoms with van der Waals surface area (Å²) in [5.74, 6) is 1.66. The first kappa shape index (κ1) is 15.7. The van der Waals surface area contributed by atoms with E-state index in [9.17, 15) is 4.79 Å². The fraction of sp³-hybridized carbons (Fsp3) is 0.533. The number of rotatable bonds is 5. The van der Waals surface area contributed by atoms with Crippen molar-refractivity contribution in [2.24, 2.45) is 0 Å². The smallest absolute Gasteiger partial charge is 0.255 e. The lowest BCUT2D eigenvalue weighted by molar-refractivity contribution is 0.0935. The average Bonchev–Trinajstić information content (AvgIpc) is 2.86. The van der Waals surface area contributed by atoms with Gasteiger partial charge in [-0.25, -0.2) is 0 Å². The Kier molecular flexibility index (Phi) is 5.78. The number of nitrogens with one attached hydrogen (secondary N) is 1. The summed E-state index contributed by atoms with van der Waals surface area (Å²) in [6.07, 6.45) is 3.46. The van der Waals surface area contributed by atoms with Crippen LogP contribution >= 0.6 is 27.7 Å². The molecule has 110 valence electrons. The third kappa shape index (κ3) is 3.70. The van der Waals surface area contributed by atoms with Crippen molar-refractivity contribution >= 4 is 33.6 Å². The predicted octanol–water partition coefficient (Wildman–Crippen LogP) is 3.86. The molecule has 0 spiro atoms. The van der Waals surface area contributed by atoms with Crippen LogP contribution in [0.5, 0.6) is 5.75 Å². The monoisotopic (exact) mass is 357 g/mol. The molecule has 5 heteroatoms. The van der Waals surface area contributed by atoms with Crippen LogP contribution in [0.15, 0.2) is 22.7 Å². The van der Waals surface area contributed by atoms with Gasteiger partial charge in [-0.2, -0.15) is 11.8 Å². The topological polar surface area (TPSA) is 38.3 Å². The molecular formula is C15H20BrNO2S. The van der Waals surface area contributed by atoms with Crippen LogP contribution in [0.25, 0.3) is 0 Å². The molecule has 0 heterocycles. The number of amides is 1. The molecule has 2 atom stereocenters. The third-order valence-electron chi connectivity index (χ3n) is 3.56. The second-order valence-corrected chi connectivity index (χ2v) is 7.28. The summed E-state index contributed by atoms with van der Waals surface area (Å²) in [5, 5.41) is 3.72. The largest absolute Gasteiger partial charge is 0.496 e. The fourth-order valence-corrected chi connectivity index (χ4v) is 4.14. The molecule has 0 bridgehead atoms. The minimum atomic E-state index is -0.0389. The lowest BCUT2D eigenvalue weighted by atomic mass is 10.1. The number of ether oxygens (including phenoxy) is 1. The zero-order chi connectivity index (χ0) is 14.5. The summed E-state index contributed by atoms with van der Waals surface area (Å²) >= 11 is 5.33. The second kappa shape index (κ2) is 7.36. The first-order valence-corrected chi connectivity index (χ1v) is 8.76. The van der Waals surface area contributed by atoms with Gasteiger partial charge in [0.25, 0.3) is 5.91 Å². The summed E-state index contributed by atoms with van der Waals surface area (Å²) in [6, 6.07) is 5.77. The van der Waals surface area contributed by atoms with Gasteiger partial charge in [0, 0.05) is 15.8 Å². The molecule has 2 unspecified atom stereocenters. The highest BCUT2D eigenvalue weighted by molar-refractivity contribution is 9.10. The first-order valence-electron chi connectivity index (χ1n) is 6.91. The molecular weight excluding hydrogens is 338 g/mol. The van der Waals surface area contributed by atoms with E-state index in [0.29, 0.717) is 16.6 Å². The highest BCUT2D eigenvalue weighted by Gasteiger charge is 2.29. The quantitative estimate of drug-likeness (QED) is 0.869. The van der Waals surface area contributed by atoms with E-state index in [4.69, 9.17) is 4.74 Å². The van der Waals surface area contributed by atoms with E-state index in [-0.39, 0.29) is 11.9 Å². The summed E-state index contributed by atoms with van der Waals surface area (Å²) in [7, 11) is 1.59. The number of hydrogen-bond acceptors (Lipinski definition) is 3. The maximum atomic E-state index is 12.4. The van der Waals surface area contributed by atoms with Gasteiger partial charge in [-0.15, -0.1) is 0 Å². The molecule has 1 aliphatic carbocycles. The zero-order valence-electron chi connectivity index (χ0n) is 11.8. The van der Waals surface area contributed by atoms with E-state index in [2.05, 4.69) is 28.2 Å². The van der Waals surface area contributed by atoms with Gasteiger partial charge in [-0.3, -0.25) is 4.79 Å². The van der Waals surface area contributed by atoms with E-state index >= 15 is 0 Å². The third-order valence-corrected chi connectivity index (χ3v) is 5.38. The second-order valence-electron chi connectivity index (χ2n) is 4.85. The molecule has 0 aliphatic heterocycles. The summed E-state index contributed by atoms with van der Waals surface area (Å²) in [5.41, 5.74) is 0.600. The van der Waals surface area contributed by atoms with Crippen LogP contribution in [-0.2, 0) is 0 Å². The van der Waals surface area contributed by atoms with E-state index in [1.165, 1.54) is 12.8 Å². The summed E-state index contributed by atoms with van der Waals surface area (Å²) in [4.78, 5) is 12.4. The van der Waals surface area contributed by atoms with Crippen molar-refractivity contribution in [3.63, 3.8) is 0 Å². The van der Waals surface area contributed by atoms with Gasteiger partial charge in [-0.05, 0) is 36.8 Å². The van der Waals surface area contributed by atoms with Crippen molar-refractivity contribution in [2.75, 3.05) is 12.9 Å². The average molecular weight is 358 g/mol. The standard InChI is InChI=1S/C15H20BrNO2S/c1-3-20-14-6-4-5-12(14)17-15(18)11-8-7-10(16)9-13(11)19-2/h7-9,12,14H,3-6H2,1-2H3,(H,17,18). The SMILES string of the molecule is CCSC1CCCC1NC(=O)c1ccc(Br)cc1OC. The molecule has 3 nitrogen and oxygen atoms in total. The van der Waals surface area contributed by atoms with Crippen LogP contribution in [0.1, 0.15) is 36.5 Å². The number of benzene rings is 1. The van der Waals surface area contributed by atoms with Crippen LogP contribution in [0.3, 0.4) is 0 Å². The molecule has 1 N–H and O–H groups in total. The molecule has 1 saturated carbocycles. The highest BCUT2D eigenvalue weighted by Crippen LogP contribution is 2.31. The molecule has 2 rings (SSSR count). The Bertz CT molecular complexity index is 481. The van der Waals surface area contributed by atoms with Crippen molar-refractivity contribution in [3.05, 3.63) is 28.2 Å².